The Hall–Kier alpha value is -2.27. The Labute approximate surface area is 121 Å². The van der Waals surface area contributed by atoms with E-state index in [9.17, 15) is 0 Å². The smallest absolute Gasteiger partial charge is 0.126 e. The zero-order valence-corrected chi connectivity index (χ0v) is 12.1. The van der Waals surface area contributed by atoms with Crippen molar-refractivity contribution in [2.75, 3.05) is 12.8 Å². The van der Waals surface area contributed by atoms with Gasteiger partial charge in [0.05, 0.1) is 29.6 Å². The lowest BCUT2D eigenvalue weighted by Gasteiger charge is -2.03. The van der Waals surface area contributed by atoms with Gasteiger partial charge in [0.15, 0.2) is 0 Å². The summed E-state index contributed by atoms with van der Waals surface area (Å²) in [7, 11) is 1.65. The van der Waals surface area contributed by atoms with Crippen LogP contribution in [-0.2, 0) is 0 Å². The van der Waals surface area contributed by atoms with E-state index in [0.717, 1.165) is 22.0 Å². The van der Waals surface area contributed by atoms with Gasteiger partial charge in [0.25, 0.3) is 0 Å². The van der Waals surface area contributed by atoms with Crippen molar-refractivity contribution in [1.29, 1.82) is 0 Å². The number of nitrogen functional groups attached to an aromatic ring is 1. The van der Waals surface area contributed by atoms with E-state index in [1.165, 1.54) is 5.56 Å². The van der Waals surface area contributed by atoms with Crippen LogP contribution in [0.3, 0.4) is 0 Å². The monoisotopic (exact) mass is 285 g/mol. The van der Waals surface area contributed by atoms with Gasteiger partial charge in [0.2, 0.25) is 0 Å². The lowest BCUT2D eigenvalue weighted by atomic mass is 10.2. The van der Waals surface area contributed by atoms with E-state index in [0.29, 0.717) is 5.69 Å². The molecule has 2 aromatic heterocycles. The normalized spacial score (nSPS) is 10.7. The molecule has 0 saturated heterocycles. The maximum Gasteiger partial charge on any atom is 0.126 e. The van der Waals surface area contributed by atoms with Crippen LogP contribution in [0.2, 0.25) is 0 Å². The molecule has 0 amide bonds. The molecule has 0 aliphatic carbocycles. The summed E-state index contributed by atoms with van der Waals surface area (Å²) in [5.41, 5.74) is 9.77. The Morgan fingerprint density at radius 2 is 1.95 bits per heavy atom. The maximum absolute atomic E-state index is 6.09. The summed E-state index contributed by atoms with van der Waals surface area (Å²) in [5, 5.41) is 6.65. The molecule has 102 valence electrons. The summed E-state index contributed by atoms with van der Waals surface area (Å²) >= 11 is 1.66. The van der Waals surface area contributed by atoms with Crippen LogP contribution in [0.1, 0.15) is 5.56 Å². The van der Waals surface area contributed by atoms with Crippen molar-refractivity contribution in [2.24, 2.45) is 0 Å². The Balaban J connectivity index is 2.02. The highest BCUT2D eigenvalue weighted by Gasteiger charge is 2.13. The minimum absolute atomic E-state index is 0.686. The average molecular weight is 285 g/mol. The Kier molecular flexibility index (Phi) is 3.20. The molecule has 3 rings (SSSR count). The number of nitrogens with zero attached hydrogens (tertiary/aromatic N) is 2. The highest BCUT2D eigenvalue weighted by molar-refractivity contribution is 7.13. The molecule has 0 fully saturated rings. The van der Waals surface area contributed by atoms with Crippen LogP contribution in [-0.4, -0.2) is 16.9 Å². The van der Waals surface area contributed by atoms with Gasteiger partial charge in [-0.15, -0.1) is 11.3 Å². The fourth-order valence-corrected chi connectivity index (χ4v) is 2.98. The molecule has 0 atom stereocenters. The topological polar surface area (TPSA) is 53.1 Å². The number of ether oxygens (including phenoxy) is 1. The highest BCUT2D eigenvalue weighted by Crippen LogP contribution is 2.32. The zero-order chi connectivity index (χ0) is 14.1. The molecule has 0 unspecified atom stereocenters. The van der Waals surface area contributed by atoms with E-state index in [1.54, 1.807) is 23.1 Å². The van der Waals surface area contributed by atoms with Crippen molar-refractivity contribution >= 4 is 17.0 Å². The van der Waals surface area contributed by atoms with Gasteiger partial charge >= 0.3 is 0 Å². The van der Waals surface area contributed by atoms with Crippen molar-refractivity contribution in [2.45, 2.75) is 6.92 Å². The first-order valence-corrected chi connectivity index (χ1v) is 7.11. The molecule has 0 saturated carbocycles. The molecule has 20 heavy (non-hydrogen) atoms. The predicted molar refractivity (Wildman–Crippen MR) is 82.6 cm³/mol. The van der Waals surface area contributed by atoms with Crippen LogP contribution in [0, 0.1) is 6.92 Å². The fraction of sp³-hybridized carbons (Fsp3) is 0.133. The maximum atomic E-state index is 6.09. The number of nitrogens with two attached hydrogens (primary N) is 1. The standard InChI is InChI=1S/C15H15N3OS/c1-10-7-8-20-15(10)14-13(16)9-18(17-14)11-3-5-12(19-2)6-4-11/h3-9H,16H2,1-2H3. The first kappa shape index (κ1) is 12.7. The highest BCUT2D eigenvalue weighted by atomic mass is 32.1. The number of aryl methyl sites for hydroxylation is 1. The molecule has 0 radical (unpaired) electrons. The number of benzene rings is 1. The average Bonchev–Trinajstić information content (AvgIpc) is 3.05. The van der Waals surface area contributed by atoms with Crippen LogP contribution in [0.5, 0.6) is 5.75 Å². The predicted octanol–water partition coefficient (Wildman–Crippen LogP) is 3.50. The number of hydrogen-bond donors (Lipinski definition) is 1. The number of rotatable bonds is 3. The Bertz CT molecular complexity index is 728. The number of aromatic nitrogens is 2. The lowest BCUT2D eigenvalue weighted by Crippen LogP contribution is -1.94. The Morgan fingerprint density at radius 1 is 1.20 bits per heavy atom. The minimum Gasteiger partial charge on any atom is -0.497 e. The molecule has 0 bridgehead atoms. The molecule has 5 heteroatoms. The van der Waals surface area contributed by atoms with Crippen LogP contribution in [0.25, 0.3) is 16.3 Å². The second-order valence-corrected chi connectivity index (χ2v) is 5.42. The lowest BCUT2D eigenvalue weighted by molar-refractivity contribution is 0.414. The molecule has 2 N–H and O–H groups in total. The van der Waals surface area contributed by atoms with E-state index >= 15 is 0 Å². The number of thiophene rings is 1. The van der Waals surface area contributed by atoms with Crippen LogP contribution in [0.4, 0.5) is 5.69 Å². The van der Waals surface area contributed by atoms with E-state index in [2.05, 4.69) is 23.5 Å². The summed E-state index contributed by atoms with van der Waals surface area (Å²) in [6.07, 6.45) is 1.84. The van der Waals surface area contributed by atoms with Crippen molar-refractivity contribution in [3.05, 3.63) is 47.5 Å². The second-order valence-electron chi connectivity index (χ2n) is 4.51. The van der Waals surface area contributed by atoms with Gasteiger partial charge in [-0.2, -0.15) is 5.10 Å². The minimum atomic E-state index is 0.686. The van der Waals surface area contributed by atoms with Crippen molar-refractivity contribution < 1.29 is 4.74 Å². The molecule has 4 nitrogen and oxygen atoms in total. The molecule has 3 aromatic rings. The quantitative estimate of drug-likeness (QED) is 0.801. The SMILES string of the molecule is COc1ccc(-n2cc(N)c(-c3sccc3C)n2)cc1. The molecule has 1 aromatic carbocycles. The van der Waals surface area contributed by atoms with Gasteiger partial charge in [0, 0.05) is 0 Å². The molecular weight excluding hydrogens is 270 g/mol. The first-order valence-electron chi connectivity index (χ1n) is 6.23. The van der Waals surface area contributed by atoms with Gasteiger partial charge in [-0.3, -0.25) is 0 Å². The summed E-state index contributed by atoms with van der Waals surface area (Å²) in [6, 6.07) is 9.80. The molecule has 2 heterocycles. The zero-order valence-electron chi connectivity index (χ0n) is 11.3. The van der Waals surface area contributed by atoms with Crippen molar-refractivity contribution in [3.63, 3.8) is 0 Å². The number of methoxy groups -OCH3 is 1. The van der Waals surface area contributed by atoms with E-state index in [1.807, 2.05) is 30.5 Å². The van der Waals surface area contributed by atoms with Gasteiger partial charge in [0.1, 0.15) is 11.4 Å². The summed E-state index contributed by atoms with van der Waals surface area (Å²) in [5.74, 6) is 0.822. The first-order chi connectivity index (χ1) is 9.69. The molecule has 0 aliphatic rings. The van der Waals surface area contributed by atoms with Gasteiger partial charge < -0.3 is 10.5 Å². The number of anilines is 1. The third-order valence-corrected chi connectivity index (χ3v) is 4.18. The number of hydrogen-bond acceptors (Lipinski definition) is 4. The second kappa shape index (κ2) is 5.02. The van der Waals surface area contributed by atoms with Crippen LogP contribution < -0.4 is 10.5 Å². The van der Waals surface area contributed by atoms with Crippen LogP contribution in [0.15, 0.2) is 41.9 Å². The largest absolute Gasteiger partial charge is 0.497 e. The summed E-state index contributed by atoms with van der Waals surface area (Å²) < 4.78 is 6.95. The molecule has 0 spiro atoms. The van der Waals surface area contributed by atoms with E-state index < -0.39 is 0 Å². The van der Waals surface area contributed by atoms with Gasteiger partial charge in [-0.25, -0.2) is 4.68 Å². The van der Waals surface area contributed by atoms with Crippen molar-refractivity contribution in [3.8, 4) is 22.0 Å². The summed E-state index contributed by atoms with van der Waals surface area (Å²) in [4.78, 5) is 1.12. The fourth-order valence-electron chi connectivity index (χ4n) is 2.05. The van der Waals surface area contributed by atoms with Crippen molar-refractivity contribution in [1.82, 2.24) is 9.78 Å². The van der Waals surface area contributed by atoms with E-state index in [-0.39, 0.29) is 0 Å². The third-order valence-electron chi connectivity index (χ3n) is 3.16. The molecule has 0 aliphatic heterocycles. The van der Waals surface area contributed by atoms with Crippen LogP contribution >= 0.6 is 11.3 Å². The van der Waals surface area contributed by atoms with Gasteiger partial charge in [-0.05, 0) is 48.2 Å². The Morgan fingerprint density at radius 3 is 2.55 bits per heavy atom. The van der Waals surface area contributed by atoms with E-state index in [4.69, 9.17) is 10.5 Å². The summed E-state index contributed by atoms with van der Waals surface area (Å²) in [6.45, 7) is 2.07. The molecular formula is C15H15N3OS. The van der Waals surface area contributed by atoms with Gasteiger partial charge in [-0.1, -0.05) is 0 Å². The third kappa shape index (κ3) is 2.16.